The molecule has 0 amide bonds. The summed E-state index contributed by atoms with van der Waals surface area (Å²) in [6.07, 6.45) is -3.26. The van der Waals surface area contributed by atoms with Gasteiger partial charge in [-0.1, -0.05) is 12.1 Å². The molecule has 1 aromatic carbocycles. The molecule has 3 heterocycles. The van der Waals surface area contributed by atoms with Crippen molar-refractivity contribution in [2.75, 3.05) is 25.1 Å². The van der Waals surface area contributed by atoms with Crippen LogP contribution in [0.25, 0.3) is 5.65 Å². The Morgan fingerprint density at radius 3 is 2.37 bits per heavy atom. The molecule has 1 saturated heterocycles. The number of nitrogens with one attached hydrogen (secondary N) is 1. The van der Waals surface area contributed by atoms with Crippen LogP contribution in [0.1, 0.15) is 35.4 Å². The van der Waals surface area contributed by atoms with Crippen LogP contribution in [0.15, 0.2) is 24.3 Å². The normalized spacial score (nSPS) is 16.7. The summed E-state index contributed by atoms with van der Waals surface area (Å²) < 4.78 is 59.5. The van der Waals surface area contributed by atoms with Crippen molar-refractivity contribution >= 4 is 11.5 Å². The monoisotopic (exact) mass is 423 g/mol. The Kier molecular flexibility index (Phi) is 5.13. The van der Waals surface area contributed by atoms with E-state index in [1.165, 1.54) is 12.1 Å². The average molecular weight is 423 g/mol. The molecule has 1 N–H and O–H groups in total. The third kappa shape index (κ3) is 3.60. The zero-order valence-corrected chi connectivity index (χ0v) is 16.6. The topological polar surface area (TPSA) is 64.3 Å². The maximum atomic E-state index is 13.4. The Labute approximate surface area is 170 Å². The predicted molar refractivity (Wildman–Crippen MR) is 102 cm³/mol. The van der Waals surface area contributed by atoms with Crippen molar-refractivity contribution in [1.82, 2.24) is 19.8 Å². The molecule has 0 aliphatic carbocycles. The molecule has 160 valence electrons. The molecule has 1 aliphatic rings. The van der Waals surface area contributed by atoms with Gasteiger partial charge in [-0.15, -0.1) is 15.3 Å². The summed E-state index contributed by atoms with van der Waals surface area (Å²) in [7, 11) is 0. The standard InChI is InChI=1S/C20H21F4N5O/c1-12-13(2)17-26-27-18(20(22,23)24)29(17)28-16(12)25-11-19(7-9-30-10-8-19)14-3-5-15(21)6-4-14/h3-6H,7-11H2,1-2H3,(H,25,28). The van der Waals surface area contributed by atoms with Gasteiger partial charge in [0, 0.05) is 30.7 Å². The number of benzene rings is 1. The summed E-state index contributed by atoms with van der Waals surface area (Å²) in [5, 5.41) is 14.3. The summed E-state index contributed by atoms with van der Waals surface area (Å²) in [4.78, 5) is 0. The number of aryl methyl sites for hydroxylation is 1. The van der Waals surface area contributed by atoms with Gasteiger partial charge in [-0.05, 0) is 49.9 Å². The number of ether oxygens (including phenoxy) is 1. The van der Waals surface area contributed by atoms with Crippen molar-refractivity contribution in [3.63, 3.8) is 0 Å². The van der Waals surface area contributed by atoms with Gasteiger partial charge in [-0.2, -0.15) is 17.7 Å². The lowest BCUT2D eigenvalue weighted by Crippen LogP contribution is -2.40. The summed E-state index contributed by atoms with van der Waals surface area (Å²) in [5.41, 5.74) is 1.95. The fraction of sp³-hybridized carbons (Fsp3) is 0.450. The van der Waals surface area contributed by atoms with Crippen LogP contribution in [0, 0.1) is 19.7 Å². The second-order valence-corrected chi connectivity index (χ2v) is 7.61. The van der Waals surface area contributed by atoms with Crippen molar-refractivity contribution in [2.45, 2.75) is 38.3 Å². The van der Waals surface area contributed by atoms with Crippen LogP contribution < -0.4 is 5.32 Å². The minimum atomic E-state index is -4.67. The molecule has 1 fully saturated rings. The van der Waals surface area contributed by atoms with E-state index in [2.05, 4.69) is 20.6 Å². The van der Waals surface area contributed by atoms with E-state index >= 15 is 0 Å². The van der Waals surface area contributed by atoms with Crippen molar-refractivity contribution in [3.8, 4) is 0 Å². The van der Waals surface area contributed by atoms with Crippen LogP contribution in [-0.4, -0.2) is 39.6 Å². The number of halogens is 4. The van der Waals surface area contributed by atoms with E-state index in [1.54, 1.807) is 26.0 Å². The highest BCUT2D eigenvalue weighted by Gasteiger charge is 2.39. The van der Waals surface area contributed by atoms with Gasteiger partial charge in [0.15, 0.2) is 5.65 Å². The van der Waals surface area contributed by atoms with Crippen LogP contribution in [0.5, 0.6) is 0 Å². The molecule has 0 saturated carbocycles. The maximum Gasteiger partial charge on any atom is 0.453 e. The van der Waals surface area contributed by atoms with Gasteiger partial charge >= 0.3 is 6.18 Å². The average Bonchev–Trinajstić information content (AvgIpc) is 3.15. The highest BCUT2D eigenvalue weighted by atomic mass is 19.4. The fourth-order valence-corrected chi connectivity index (χ4v) is 3.86. The predicted octanol–water partition coefficient (Wildman–Crippen LogP) is 4.06. The number of hydrogen-bond acceptors (Lipinski definition) is 5. The van der Waals surface area contributed by atoms with Crippen molar-refractivity contribution in [2.24, 2.45) is 0 Å². The Morgan fingerprint density at radius 2 is 1.73 bits per heavy atom. The Balaban J connectivity index is 1.70. The molecular formula is C20H21F4N5O. The van der Waals surface area contributed by atoms with Crippen LogP contribution in [0.4, 0.5) is 23.4 Å². The first-order valence-corrected chi connectivity index (χ1v) is 9.59. The van der Waals surface area contributed by atoms with E-state index in [0.29, 0.717) is 49.5 Å². The van der Waals surface area contributed by atoms with E-state index < -0.39 is 12.0 Å². The molecule has 1 aliphatic heterocycles. The largest absolute Gasteiger partial charge is 0.453 e. The second kappa shape index (κ2) is 7.50. The number of nitrogens with zero attached hydrogens (tertiary/aromatic N) is 4. The summed E-state index contributed by atoms with van der Waals surface area (Å²) in [6.45, 7) is 4.99. The van der Waals surface area contributed by atoms with Crippen LogP contribution >= 0.6 is 0 Å². The third-order valence-electron chi connectivity index (χ3n) is 5.85. The van der Waals surface area contributed by atoms with Gasteiger partial charge in [0.25, 0.3) is 5.82 Å². The highest BCUT2D eigenvalue weighted by molar-refractivity contribution is 5.58. The van der Waals surface area contributed by atoms with E-state index in [0.717, 1.165) is 10.1 Å². The second-order valence-electron chi connectivity index (χ2n) is 7.61. The summed E-state index contributed by atoms with van der Waals surface area (Å²) in [6, 6.07) is 6.33. The lowest BCUT2D eigenvalue weighted by molar-refractivity contribution is -0.146. The highest BCUT2D eigenvalue weighted by Crippen LogP contribution is 2.36. The Hall–Kier alpha value is -2.75. The van der Waals surface area contributed by atoms with Crippen molar-refractivity contribution in [3.05, 3.63) is 52.6 Å². The number of fused-ring (bicyclic) bond motifs is 1. The molecular weight excluding hydrogens is 402 g/mol. The van der Waals surface area contributed by atoms with E-state index in [4.69, 9.17) is 4.74 Å². The molecule has 3 aromatic rings. The van der Waals surface area contributed by atoms with Gasteiger partial charge in [0.1, 0.15) is 11.6 Å². The zero-order valence-electron chi connectivity index (χ0n) is 16.6. The van der Waals surface area contributed by atoms with Crippen LogP contribution in [0.2, 0.25) is 0 Å². The molecule has 30 heavy (non-hydrogen) atoms. The van der Waals surface area contributed by atoms with Gasteiger partial charge in [0.05, 0.1) is 0 Å². The fourth-order valence-electron chi connectivity index (χ4n) is 3.86. The molecule has 0 atom stereocenters. The Morgan fingerprint density at radius 1 is 1.07 bits per heavy atom. The lowest BCUT2D eigenvalue weighted by Gasteiger charge is -2.38. The minimum absolute atomic E-state index is 0.0738. The first-order valence-electron chi connectivity index (χ1n) is 9.59. The number of alkyl halides is 3. The van der Waals surface area contributed by atoms with Gasteiger partial charge in [-0.3, -0.25) is 0 Å². The van der Waals surface area contributed by atoms with Crippen LogP contribution in [-0.2, 0) is 16.3 Å². The zero-order chi connectivity index (χ0) is 21.5. The van der Waals surface area contributed by atoms with E-state index in [9.17, 15) is 17.6 Å². The van der Waals surface area contributed by atoms with Gasteiger partial charge < -0.3 is 10.1 Å². The first-order chi connectivity index (χ1) is 14.2. The maximum absolute atomic E-state index is 13.4. The lowest BCUT2D eigenvalue weighted by atomic mass is 9.74. The van der Waals surface area contributed by atoms with E-state index in [1.807, 2.05) is 0 Å². The smallest absolute Gasteiger partial charge is 0.381 e. The molecule has 2 aromatic heterocycles. The minimum Gasteiger partial charge on any atom is -0.381 e. The van der Waals surface area contributed by atoms with Gasteiger partial charge in [-0.25, -0.2) is 4.39 Å². The molecule has 4 rings (SSSR count). The molecule has 6 nitrogen and oxygen atoms in total. The van der Waals surface area contributed by atoms with E-state index in [-0.39, 0.29) is 16.9 Å². The number of anilines is 1. The van der Waals surface area contributed by atoms with Crippen molar-refractivity contribution in [1.29, 1.82) is 0 Å². The molecule has 0 spiro atoms. The quantitative estimate of drug-likeness (QED) is 0.642. The van der Waals surface area contributed by atoms with Crippen LogP contribution in [0.3, 0.4) is 0 Å². The van der Waals surface area contributed by atoms with Gasteiger partial charge in [0.2, 0.25) is 0 Å². The Bertz CT molecular complexity index is 1060. The van der Waals surface area contributed by atoms with Crippen molar-refractivity contribution < 1.29 is 22.3 Å². The molecule has 0 unspecified atom stereocenters. The number of rotatable bonds is 4. The summed E-state index contributed by atoms with van der Waals surface area (Å²) >= 11 is 0. The third-order valence-corrected chi connectivity index (χ3v) is 5.85. The first kappa shape index (κ1) is 20.5. The SMILES string of the molecule is Cc1c(NCC2(c3ccc(F)cc3)CCOCC2)nn2c(C(F)(F)F)nnc2c1C. The number of aromatic nitrogens is 4. The molecule has 0 radical (unpaired) electrons. The molecule has 10 heteroatoms. The number of hydrogen-bond donors (Lipinski definition) is 1. The summed E-state index contributed by atoms with van der Waals surface area (Å²) in [5.74, 6) is -1.15. The molecule has 0 bridgehead atoms.